The van der Waals surface area contributed by atoms with Crippen molar-refractivity contribution in [2.45, 2.75) is 49.7 Å². The van der Waals surface area contributed by atoms with E-state index in [1.54, 1.807) is 11.8 Å². The molecule has 148 valence electrons. The van der Waals surface area contributed by atoms with Crippen LogP contribution in [0.25, 0.3) is 0 Å². The van der Waals surface area contributed by atoms with Crippen LogP contribution >= 0.6 is 11.8 Å². The molecule has 1 aliphatic carbocycles. The third-order valence-electron chi connectivity index (χ3n) is 6.98. The van der Waals surface area contributed by atoms with Crippen LogP contribution in [0.5, 0.6) is 0 Å². The highest BCUT2D eigenvalue weighted by Crippen LogP contribution is 2.54. The van der Waals surface area contributed by atoms with Crippen LogP contribution in [0.3, 0.4) is 0 Å². The summed E-state index contributed by atoms with van der Waals surface area (Å²) in [5.74, 6) is -0.675. The van der Waals surface area contributed by atoms with Gasteiger partial charge in [-0.05, 0) is 37.3 Å². The summed E-state index contributed by atoms with van der Waals surface area (Å²) < 4.78 is 0. The number of thioether (sulfide) groups is 1. The third-order valence-corrected chi connectivity index (χ3v) is 7.62. The largest absolute Gasteiger partial charge is 0.324 e. The number of benzene rings is 1. The Morgan fingerprint density at radius 1 is 1.14 bits per heavy atom. The van der Waals surface area contributed by atoms with E-state index in [1.807, 2.05) is 30.5 Å². The van der Waals surface area contributed by atoms with Gasteiger partial charge in [0.05, 0.1) is 11.8 Å². The second-order valence-electron chi connectivity index (χ2n) is 8.33. The van der Waals surface area contributed by atoms with Crippen molar-refractivity contribution in [1.82, 2.24) is 10.2 Å². The molecule has 7 heteroatoms. The van der Waals surface area contributed by atoms with E-state index >= 15 is 0 Å². The van der Waals surface area contributed by atoms with Gasteiger partial charge in [0.2, 0.25) is 17.7 Å². The molecule has 3 amide bonds. The van der Waals surface area contributed by atoms with E-state index in [2.05, 4.69) is 10.6 Å². The molecule has 1 aromatic carbocycles. The van der Waals surface area contributed by atoms with E-state index in [0.717, 1.165) is 49.1 Å². The van der Waals surface area contributed by atoms with Gasteiger partial charge in [-0.2, -0.15) is 11.8 Å². The lowest BCUT2D eigenvalue weighted by molar-refractivity contribution is -0.145. The van der Waals surface area contributed by atoms with Crippen LogP contribution in [-0.4, -0.2) is 46.7 Å². The number of carbonyl (C=O) groups is 3. The molecule has 0 bridgehead atoms. The van der Waals surface area contributed by atoms with Crippen molar-refractivity contribution in [3.05, 3.63) is 29.8 Å². The maximum Gasteiger partial charge on any atom is 0.250 e. The minimum absolute atomic E-state index is 0.00329. The van der Waals surface area contributed by atoms with Crippen LogP contribution in [0.4, 0.5) is 5.69 Å². The first-order valence-corrected chi connectivity index (χ1v) is 11.5. The Bertz CT molecular complexity index is 853. The van der Waals surface area contributed by atoms with Crippen LogP contribution in [0.15, 0.2) is 24.3 Å². The number of carbonyl (C=O) groups excluding carboxylic acids is 3. The summed E-state index contributed by atoms with van der Waals surface area (Å²) >= 11 is 1.72. The second kappa shape index (κ2) is 6.59. The number of likely N-dealkylation sites (tertiary alicyclic amines) is 1. The summed E-state index contributed by atoms with van der Waals surface area (Å²) in [6.07, 6.45) is 6.67. The summed E-state index contributed by atoms with van der Waals surface area (Å²) in [7, 11) is 0. The number of hydrogen-bond acceptors (Lipinski definition) is 5. The molecule has 2 N–H and O–H groups in total. The number of rotatable bonds is 4. The lowest BCUT2D eigenvalue weighted by atomic mass is 9.76. The van der Waals surface area contributed by atoms with Gasteiger partial charge in [0.15, 0.2) is 0 Å². The highest BCUT2D eigenvalue weighted by atomic mass is 32.2. The van der Waals surface area contributed by atoms with E-state index in [9.17, 15) is 14.4 Å². The van der Waals surface area contributed by atoms with Crippen molar-refractivity contribution in [1.29, 1.82) is 0 Å². The van der Waals surface area contributed by atoms with E-state index < -0.39 is 17.4 Å². The van der Waals surface area contributed by atoms with Crippen LogP contribution in [-0.2, 0) is 19.9 Å². The molecular weight excluding hydrogens is 374 g/mol. The van der Waals surface area contributed by atoms with E-state index in [0.29, 0.717) is 0 Å². The average Bonchev–Trinajstić information content (AvgIpc) is 3.42. The molecule has 1 spiro atoms. The molecule has 0 radical (unpaired) electrons. The van der Waals surface area contributed by atoms with E-state index in [4.69, 9.17) is 0 Å². The molecule has 0 unspecified atom stereocenters. The first kappa shape index (κ1) is 18.2. The molecule has 1 aromatic rings. The average molecular weight is 400 g/mol. The molecule has 3 heterocycles. The quantitative estimate of drug-likeness (QED) is 0.758. The predicted molar refractivity (Wildman–Crippen MR) is 108 cm³/mol. The normalized spacial score (nSPS) is 34.4. The summed E-state index contributed by atoms with van der Waals surface area (Å²) in [6, 6.07) is 7.37. The van der Waals surface area contributed by atoms with Crippen LogP contribution < -0.4 is 10.6 Å². The number of hydrogen-bond donors (Lipinski definition) is 2. The highest BCUT2D eigenvalue weighted by Gasteiger charge is 2.70. The smallest absolute Gasteiger partial charge is 0.250 e. The van der Waals surface area contributed by atoms with Crippen molar-refractivity contribution < 1.29 is 14.4 Å². The molecule has 4 aliphatic rings. The van der Waals surface area contributed by atoms with Crippen LogP contribution in [0, 0.1) is 11.8 Å². The van der Waals surface area contributed by atoms with Gasteiger partial charge in [0.1, 0.15) is 5.54 Å². The van der Waals surface area contributed by atoms with Gasteiger partial charge in [0, 0.05) is 23.3 Å². The second-order valence-corrected chi connectivity index (χ2v) is 9.31. The molecule has 1 saturated carbocycles. The maximum absolute atomic E-state index is 13.6. The summed E-state index contributed by atoms with van der Waals surface area (Å²) in [5, 5.41) is 6.44. The third kappa shape index (κ3) is 2.29. The van der Waals surface area contributed by atoms with Crippen LogP contribution in [0.1, 0.15) is 37.7 Å². The van der Waals surface area contributed by atoms with Gasteiger partial charge in [-0.15, -0.1) is 0 Å². The fraction of sp³-hybridized carbons (Fsp3) is 0.571. The van der Waals surface area contributed by atoms with Gasteiger partial charge in [-0.1, -0.05) is 31.0 Å². The number of nitrogens with one attached hydrogen (secondary N) is 2. The van der Waals surface area contributed by atoms with Crippen molar-refractivity contribution >= 4 is 35.2 Å². The number of fused-ring (bicyclic) bond motifs is 4. The predicted octanol–water partition coefficient (Wildman–Crippen LogP) is 2.10. The molecule has 4 atom stereocenters. The molecule has 0 aromatic heterocycles. The van der Waals surface area contributed by atoms with Gasteiger partial charge < -0.3 is 5.32 Å². The Balaban J connectivity index is 1.61. The summed E-state index contributed by atoms with van der Waals surface area (Å²) in [5.41, 5.74) is 0.407. The van der Waals surface area contributed by atoms with Gasteiger partial charge in [-0.3, -0.25) is 24.6 Å². The fourth-order valence-electron chi connectivity index (χ4n) is 5.80. The number of amides is 3. The van der Waals surface area contributed by atoms with E-state index in [-0.39, 0.29) is 29.8 Å². The summed E-state index contributed by atoms with van der Waals surface area (Å²) in [4.78, 5) is 41.8. The standard InChI is InChI=1S/C21H25N3O3S/c1-28-11-10-15-16-17(19(26)24(18(16)25)12-6-2-3-7-12)21(23-15)13-8-4-5-9-14(13)22-20(21)27/h4-5,8-9,12,15-17,23H,2-3,6-7,10-11H2,1H3,(H,22,27)/t15-,16+,17-,21-/m0/s1. The fourth-order valence-corrected chi connectivity index (χ4v) is 6.29. The molecular formula is C21H25N3O3S. The number of nitrogens with zero attached hydrogens (tertiary/aromatic N) is 1. The number of imide groups is 1. The minimum Gasteiger partial charge on any atom is -0.324 e. The Kier molecular flexibility index (Phi) is 4.28. The first-order valence-electron chi connectivity index (χ1n) is 10.1. The zero-order chi connectivity index (χ0) is 19.5. The Hall–Kier alpha value is -1.86. The Morgan fingerprint density at radius 2 is 1.89 bits per heavy atom. The SMILES string of the molecule is CSCC[C@@H]1N[C@]2(C(=O)Nc3ccccc32)[C@@H]2C(=O)N(C3CCCC3)C(=O)[C@H]12. The molecule has 5 rings (SSSR count). The van der Waals surface area contributed by atoms with Gasteiger partial charge in [0.25, 0.3) is 0 Å². The maximum atomic E-state index is 13.6. The lowest BCUT2D eigenvalue weighted by Crippen LogP contribution is -2.54. The molecule has 3 fully saturated rings. The first-order chi connectivity index (χ1) is 13.6. The van der Waals surface area contributed by atoms with Crippen molar-refractivity contribution in [3.8, 4) is 0 Å². The van der Waals surface area contributed by atoms with Crippen molar-refractivity contribution in [2.24, 2.45) is 11.8 Å². The molecule has 28 heavy (non-hydrogen) atoms. The van der Waals surface area contributed by atoms with Gasteiger partial charge >= 0.3 is 0 Å². The topological polar surface area (TPSA) is 78.5 Å². The zero-order valence-electron chi connectivity index (χ0n) is 15.9. The van der Waals surface area contributed by atoms with Crippen molar-refractivity contribution in [2.75, 3.05) is 17.3 Å². The highest BCUT2D eigenvalue weighted by molar-refractivity contribution is 7.98. The number of anilines is 1. The van der Waals surface area contributed by atoms with Gasteiger partial charge in [-0.25, -0.2) is 0 Å². The minimum atomic E-state index is -1.13. The number of para-hydroxylation sites is 1. The Morgan fingerprint density at radius 3 is 2.64 bits per heavy atom. The van der Waals surface area contributed by atoms with Crippen molar-refractivity contribution in [3.63, 3.8) is 0 Å². The van der Waals surface area contributed by atoms with Crippen LogP contribution in [0.2, 0.25) is 0 Å². The summed E-state index contributed by atoms with van der Waals surface area (Å²) in [6.45, 7) is 0. The van der Waals surface area contributed by atoms with E-state index in [1.165, 1.54) is 4.90 Å². The molecule has 6 nitrogen and oxygen atoms in total. The molecule has 3 aliphatic heterocycles. The zero-order valence-corrected chi connectivity index (χ0v) is 16.8. The molecule has 2 saturated heterocycles. The Labute approximate surface area is 168 Å². The monoisotopic (exact) mass is 399 g/mol. The lowest BCUT2D eigenvalue weighted by Gasteiger charge is -2.31.